The van der Waals surface area contributed by atoms with Gasteiger partial charge in [-0.25, -0.2) is 0 Å². The maximum atomic E-state index is 10.4. The highest BCUT2D eigenvalue weighted by Crippen LogP contribution is 2.09. The van der Waals surface area contributed by atoms with Gasteiger partial charge in [-0.15, -0.1) is 0 Å². The Kier molecular flexibility index (Phi) is 6.31. The molecule has 0 rings (SSSR count). The van der Waals surface area contributed by atoms with Gasteiger partial charge < -0.3 is 5.73 Å². The Morgan fingerprint density at radius 2 is 1.79 bits per heavy atom. The van der Waals surface area contributed by atoms with E-state index in [9.17, 15) is 8.42 Å². The first-order chi connectivity index (χ1) is 6.33. The molecule has 0 saturated heterocycles. The second kappa shape index (κ2) is 6.37. The Balaban J connectivity index is 3.39. The van der Waals surface area contributed by atoms with Crippen molar-refractivity contribution >= 4 is 10.1 Å². The summed E-state index contributed by atoms with van der Waals surface area (Å²) in [6.45, 7) is 4.14. The highest BCUT2D eigenvalue weighted by Gasteiger charge is 2.07. The number of hydrogen-bond donors (Lipinski definition) is 2. The van der Waals surface area contributed by atoms with Gasteiger partial charge in [-0.1, -0.05) is 26.7 Å². The first kappa shape index (κ1) is 13.9. The fourth-order valence-electron chi connectivity index (χ4n) is 1.17. The van der Waals surface area contributed by atoms with Crippen LogP contribution in [0.3, 0.4) is 0 Å². The van der Waals surface area contributed by atoms with Gasteiger partial charge in [0.15, 0.2) is 0 Å². The molecular formula is C9H21NO3S. The van der Waals surface area contributed by atoms with Crippen LogP contribution < -0.4 is 5.73 Å². The predicted molar refractivity (Wildman–Crippen MR) is 57.7 cm³/mol. The molecule has 0 aliphatic carbocycles. The normalized spacial score (nSPS) is 14.6. The van der Waals surface area contributed by atoms with Gasteiger partial charge in [0.2, 0.25) is 0 Å². The molecule has 4 nitrogen and oxygen atoms in total. The van der Waals surface area contributed by atoms with E-state index < -0.39 is 10.1 Å². The van der Waals surface area contributed by atoms with Crippen molar-refractivity contribution in [1.82, 2.24) is 0 Å². The minimum atomic E-state index is -3.77. The van der Waals surface area contributed by atoms with Crippen molar-refractivity contribution in [3.8, 4) is 0 Å². The lowest BCUT2D eigenvalue weighted by Crippen LogP contribution is -2.25. The van der Waals surface area contributed by atoms with Gasteiger partial charge in [-0.05, 0) is 18.8 Å². The minimum Gasteiger partial charge on any atom is -0.327 e. The molecule has 3 N–H and O–H groups in total. The minimum absolute atomic E-state index is 0.135. The number of rotatable bonds is 7. The summed E-state index contributed by atoms with van der Waals surface area (Å²) in [4.78, 5) is 0. The average Bonchev–Trinajstić information content (AvgIpc) is 2.01. The molecule has 0 amide bonds. The van der Waals surface area contributed by atoms with Gasteiger partial charge in [-0.3, -0.25) is 4.55 Å². The Morgan fingerprint density at radius 3 is 2.21 bits per heavy atom. The summed E-state index contributed by atoms with van der Waals surface area (Å²) in [5.74, 6) is 0.334. The molecule has 0 aromatic carbocycles. The maximum Gasteiger partial charge on any atom is 0.264 e. The van der Waals surface area contributed by atoms with Crippen LogP contribution in [0.5, 0.6) is 0 Å². The van der Waals surface area contributed by atoms with Crippen LogP contribution in [0, 0.1) is 5.92 Å². The van der Waals surface area contributed by atoms with Crippen LogP contribution in [-0.4, -0.2) is 24.8 Å². The van der Waals surface area contributed by atoms with Gasteiger partial charge in [0, 0.05) is 6.04 Å². The van der Waals surface area contributed by atoms with Crippen LogP contribution in [0.15, 0.2) is 0 Å². The molecule has 0 aliphatic heterocycles. The molecule has 0 aromatic rings. The summed E-state index contributed by atoms with van der Waals surface area (Å²) in [6.07, 6.45) is 3.17. The van der Waals surface area contributed by atoms with E-state index >= 15 is 0 Å². The fourth-order valence-corrected chi connectivity index (χ4v) is 1.74. The summed E-state index contributed by atoms with van der Waals surface area (Å²) in [5, 5.41) is 0. The standard InChI is InChI=1S/C9H21NO3S/c1-8(2)9(10)6-4-3-5-7-14(11,12)13/h8-9H,3-7,10H2,1-2H3,(H,11,12,13)/t9-/m1/s1. The fraction of sp³-hybridized carbons (Fsp3) is 1.00. The summed E-state index contributed by atoms with van der Waals surface area (Å²) in [5.41, 5.74) is 5.82. The van der Waals surface area contributed by atoms with Crippen molar-refractivity contribution in [2.75, 3.05) is 5.75 Å². The zero-order valence-electron chi connectivity index (χ0n) is 8.94. The monoisotopic (exact) mass is 223 g/mol. The van der Waals surface area contributed by atoms with Gasteiger partial charge in [-0.2, -0.15) is 8.42 Å². The summed E-state index contributed by atoms with van der Waals surface area (Å²) in [6, 6.07) is 0.195. The Hall–Kier alpha value is -0.130. The van der Waals surface area contributed by atoms with Crippen molar-refractivity contribution in [3.63, 3.8) is 0 Å². The van der Waals surface area contributed by atoms with Crippen LogP contribution in [0.2, 0.25) is 0 Å². The number of nitrogens with two attached hydrogens (primary N) is 1. The number of unbranched alkanes of at least 4 members (excludes halogenated alkanes) is 2. The highest BCUT2D eigenvalue weighted by molar-refractivity contribution is 7.85. The highest BCUT2D eigenvalue weighted by atomic mass is 32.2. The molecule has 0 spiro atoms. The summed E-state index contributed by atoms with van der Waals surface area (Å²) >= 11 is 0. The van der Waals surface area contributed by atoms with Crippen LogP contribution in [-0.2, 0) is 10.1 Å². The van der Waals surface area contributed by atoms with E-state index in [1.54, 1.807) is 0 Å². The quantitative estimate of drug-likeness (QED) is 0.505. The Bertz CT molecular complexity index is 236. The molecule has 0 bridgehead atoms. The van der Waals surface area contributed by atoms with E-state index in [0.717, 1.165) is 19.3 Å². The van der Waals surface area contributed by atoms with E-state index in [4.69, 9.17) is 10.3 Å². The molecule has 0 heterocycles. The SMILES string of the molecule is CC(C)[C@H](N)CCCCCS(=O)(=O)O. The van der Waals surface area contributed by atoms with E-state index in [-0.39, 0.29) is 11.8 Å². The summed E-state index contributed by atoms with van der Waals surface area (Å²) < 4.78 is 29.2. The van der Waals surface area contributed by atoms with Crippen LogP contribution in [0.1, 0.15) is 39.5 Å². The third-order valence-electron chi connectivity index (χ3n) is 2.30. The third kappa shape index (κ3) is 8.47. The molecule has 0 radical (unpaired) electrons. The maximum absolute atomic E-state index is 10.4. The lowest BCUT2D eigenvalue weighted by Gasteiger charge is -2.14. The molecule has 0 fully saturated rings. The van der Waals surface area contributed by atoms with Crippen molar-refractivity contribution in [3.05, 3.63) is 0 Å². The van der Waals surface area contributed by atoms with Crippen molar-refractivity contribution < 1.29 is 13.0 Å². The first-order valence-corrected chi connectivity index (χ1v) is 6.64. The van der Waals surface area contributed by atoms with Crippen molar-refractivity contribution in [1.29, 1.82) is 0 Å². The first-order valence-electron chi connectivity index (χ1n) is 5.03. The van der Waals surface area contributed by atoms with Crippen LogP contribution in [0.4, 0.5) is 0 Å². The van der Waals surface area contributed by atoms with Crippen LogP contribution in [0.25, 0.3) is 0 Å². The van der Waals surface area contributed by atoms with Crippen LogP contribution >= 0.6 is 0 Å². The lowest BCUT2D eigenvalue weighted by molar-refractivity contribution is 0.442. The van der Waals surface area contributed by atoms with Gasteiger partial charge in [0.25, 0.3) is 10.1 Å². The average molecular weight is 223 g/mol. The zero-order valence-corrected chi connectivity index (χ0v) is 9.76. The Labute approximate surface area is 86.6 Å². The predicted octanol–water partition coefficient (Wildman–Crippen LogP) is 1.42. The third-order valence-corrected chi connectivity index (χ3v) is 3.10. The van der Waals surface area contributed by atoms with Gasteiger partial charge in [0.05, 0.1) is 5.75 Å². The molecule has 0 aliphatic rings. The van der Waals surface area contributed by atoms with E-state index in [1.807, 2.05) is 0 Å². The second-order valence-corrected chi connectivity index (χ2v) is 5.62. The molecule has 0 saturated carbocycles. The molecule has 86 valence electrons. The van der Waals surface area contributed by atoms with Crippen molar-refractivity contribution in [2.45, 2.75) is 45.6 Å². The topological polar surface area (TPSA) is 80.4 Å². The van der Waals surface area contributed by atoms with E-state index in [0.29, 0.717) is 12.3 Å². The van der Waals surface area contributed by atoms with Crippen molar-refractivity contribution in [2.24, 2.45) is 11.7 Å². The number of hydrogen-bond acceptors (Lipinski definition) is 3. The smallest absolute Gasteiger partial charge is 0.264 e. The van der Waals surface area contributed by atoms with E-state index in [2.05, 4.69) is 13.8 Å². The molecule has 14 heavy (non-hydrogen) atoms. The lowest BCUT2D eigenvalue weighted by atomic mass is 9.99. The molecular weight excluding hydrogens is 202 g/mol. The van der Waals surface area contributed by atoms with E-state index in [1.165, 1.54) is 0 Å². The largest absolute Gasteiger partial charge is 0.327 e. The molecule has 0 aromatic heterocycles. The molecule has 5 heteroatoms. The molecule has 1 atom stereocenters. The Morgan fingerprint density at radius 1 is 1.21 bits per heavy atom. The summed E-state index contributed by atoms with van der Waals surface area (Å²) in [7, 11) is -3.77. The second-order valence-electron chi connectivity index (χ2n) is 4.04. The molecule has 0 unspecified atom stereocenters. The zero-order chi connectivity index (χ0) is 11.2. The van der Waals surface area contributed by atoms with Gasteiger partial charge >= 0.3 is 0 Å². The van der Waals surface area contributed by atoms with Gasteiger partial charge in [0.1, 0.15) is 0 Å².